The molecule has 136 valence electrons. The third kappa shape index (κ3) is 3.35. The first-order chi connectivity index (χ1) is 11.7. The first-order valence-corrected chi connectivity index (χ1v) is 10.2. The Kier molecular flexibility index (Phi) is 4.49. The van der Waals surface area contributed by atoms with E-state index in [1.165, 1.54) is 17.5 Å². The average molecular weight is 365 g/mol. The Labute approximate surface area is 148 Å². The maximum atomic E-state index is 12.7. The summed E-state index contributed by atoms with van der Waals surface area (Å²) in [4.78, 5) is 27.6. The predicted molar refractivity (Wildman–Crippen MR) is 95.1 cm³/mol. The fourth-order valence-electron chi connectivity index (χ4n) is 3.65. The second kappa shape index (κ2) is 6.33. The highest BCUT2D eigenvalue weighted by molar-refractivity contribution is 7.92. The van der Waals surface area contributed by atoms with Crippen molar-refractivity contribution in [1.82, 2.24) is 9.80 Å². The summed E-state index contributed by atoms with van der Waals surface area (Å²) in [5, 5.41) is 0. The molecule has 8 heteroatoms. The highest BCUT2D eigenvalue weighted by Crippen LogP contribution is 2.34. The summed E-state index contributed by atoms with van der Waals surface area (Å²) >= 11 is 0. The lowest BCUT2D eigenvalue weighted by atomic mass is 10.1. The molecular formula is C17H23N3O4S. The standard InChI is InChI=1S/C17H23N3O4S/c1-12-10-15-11-14(4-5-16(15)20(12)25(3,23)24)17(22)19-8-6-18(7-9-19)13(2)21/h4-5,11-12H,6-10H2,1-3H3/t12-/m0/s1. The summed E-state index contributed by atoms with van der Waals surface area (Å²) in [5.41, 5.74) is 2.11. The minimum atomic E-state index is -3.33. The van der Waals surface area contributed by atoms with E-state index in [1.807, 2.05) is 6.92 Å². The topological polar surface area (TPSA) is 78.0 Å². The van der Waals surface area contributed by atoms with Gasteiger partial charge in [0.1, 0.15) is 0 Å². The summed E-state index contributed by atoms with van der Waals surface area (Å²) in [6.45, 7) is 5.52. The van der Waals surface area contributed by atoms with Crippen LogP contribution in [-0.2, 0) is 21.2 Å². The molecule has 1 aromatic rings. The van der Waals surface area contributed by atoms with E-state index in [-0.39, 0.29) is 17.9 Å². The van der Waals surface area contributed by atoms with E-state index >= 15 is 0 Å². The summed E-state index contributed by atoms with van der Waals surface area (Å²) < 4.78 is 25.4. The molecule has 1 saturated heterocycles. The van der Waals surface area contributed by atoms with Gasteiger partial charge in [-0.25, -0.2) is 8.42 Å². The Balaban J connectivity index is 1.79. The molecule has 3 rings (SSSR count). The van der Waals surface area contributed by atoms with Gasteiger partial charge in [-0.15, -0.1) is 0 Å². The molecule has 25 heavy (non-hydrogen) atoms. The molecule has 2 amide bonds. The van der Waals surface area contributed by atoms with Gasteiger partial charge in [-0.05, 0) is 37.1 Å². The third-order valence-electron chi connectivity index (χ3n) is 4.85. The van der Waals surface area contributed by atoms with Gasteiger partial charge in [0.15, 0.2) is 0 Å². The van der Waals surface area contributed by atoms with Crippen LogP contribution in [0.5, 0.6) is 0 Å². The van der Waals surface area contributed by atoms with Crippen LogP contribution in [0.4, 0.5) is 5.69 Å². The molecule has 2 aliphatic heterocycles. The maximum Gasteiger partial charge on any atom is 0.253 e. The lowest BCUT2D eigenvalue weighted by molar-refractivity contribution is -0.130. The maximum absolute atomic E-state index is 12.7. The zero-order chi connectivity index (χ0) is 18.4. The van der Waals surface area contributed by atoms with Crippen LogP contribution in [0, 0.1) is 0 Å². The molecule has 0 bridgehead atoms. The van der Waals surface area contributed by atoms with E-state index in [9.17, 15) is 18.0 Å². The molecule has 0 saturated carbocycles. The van der Waals surface area contributed by atoms with Crippen molar-refractivity contribution in [3.8, 4) is 0 Å². The number of benzene rings is 1. The number of hydrogen-bond donors (Lipinski definition) is 0. The molecule has 0 unspecified atom stereocenters. The van der Waals surface area contributed by atoms with Crippen molar-refractivity contribution in [1.29, 1.82) is 0 Å². The van der Waals surface area contributed by atoms with Crippen molar-refractivity contribution in [3.05, 3.63) is 29.3 Å². The van der Waals surface area contributed by atoms with Crippen LogP contribution in [-0.4, -0.2) is 68.5 Å². The number of hydrogen-bond acceptors (Lipinski definition) is 4. The lowest BCUT2D eigenvalue weighted by Gasteiger charge is -2.34. The number of carbonyl (C=O) groups excluding carboxylic acids is 2. The normalized spacial score (nSPS) is 20.6. The Morgan fingerprint density at radius 2 is 1.68 bits per heavy atom. The monoisotopic (exact) mass is 365 g/mol. The minimum absolute atomic E-state index is 0.0273. The van der Waals surface area contributed by atoms with Crippen LogP contribution in [0.15, 0.2) is 18.2 Å². The Hall–Kier alpha value is -2.09. The van der Waals surface area contributed by atoms with Crippen molar-refractivity contribution >= 4 is 27.5 Å². The van der Waals surface area contributed by atoms with Crippen molar-refractivity contribution in [2.75, 3.05) is 36.7 Å². The van der Waals surface area contributed by atoms with Gasteiger partial charge in [0.25, 0.3) is 5.91 Å². The summed E-state index contributed by atoms with van der Waals surface area (Å²) in [7, 11) is -3.33. The van der Waals surface area contributed by atoms with Crippen LogP contribution < -0.4 is 4.31 Å². The fourth-order valence-corrected chi connectivity index (χ4v) is 4.91. The molecule has 2 aliphatic rings. The van der Waals surface area contributed by atoms with Gasteiger partial charge in [0.2, 0.25) is 15.9 Å². The summed E-state index contributed by atoms with van der Waals surface area (Å²) in [5.74, 6) is -0.0454. The molecular weight excluding hydrogens is 342 g/mol. The van der Waals surface area contributed by atoms with Crippen LogP contribution in [0.3, 0.4) is 0 Å². The predicted octanol–water partition coefficient (Wildman–Crippen LogP) is 0.702. The second-order valence-electron chi connectivity index (χ2n) is 6.75. The Bertz CT molecular complexity index is 813. The highest BCUT2D eigenvalue weighted by atomic mass is 32.2. The Morgan fingerprint density at radius 1 is 1.08 bits per heavy atom. The van der Waals surface area contributed by atoms with Crippen molar-refractivity contribution in [2.45, 2.75) is 26.3 Å². The molecule has 0 aliphatic carbocycles. The van der Waals surface area contributed by atoms with Gasteiger partial charge >= 0.3 is 0 Å². The fraction of sp³-hybridized carbons (Fsp3) is 0.529. The molecule has 0 aromatic heterocycles. The number of anilines is 1. The van der Waals surface area contributed by atoms with E-state index in [1.54, 1.807) is 28.0 Å². The Morgan fingerprint density at radius 3 is 2.24 bits per heavy atom. The van der Waals surface area contributed by atoms with Crippen LogP contribution in [0.1, 0.15) is 29.8 Å². The van der Waals surface area contributed by atoms with Crippen molar-refractivity contribution < 1.29 is 18.0 Å². The summed E-state index contributed by atoms with van der Waals surface area (Å²) in [6, 6.07) is 5.07. The smallest absolute Gasteiger partial charge is 0.253 e. The SMILES string of the molecule is CC(=O)N1CCN(C(=O)c2ccc3c(c2)C[C@H](C)N3S(C)(=O)=O)CC1. The molecule has 0 radical (unpaired) electrons. The zero-order valence-electron chi connectivity index (χ0n) is 14.7. The van der Waals surface area contributed by atoms with E-state index in [0.29, 0.717) is 43.9 Å². The zero-order valence-corrected chi connectivity index (χ0v) is 15.5. The first-order valence-electron chi connectivity index (χ1n) is 8.35. The van der Waals surface area contributed by atoms with Crippen LogP contribution >= 0.6 is 0 Å². The molecule has 2 heterocycles. The molecule has 7 nitrogen and oxygen atoms in total. The second-order valence-corrected chi connectivity index (χ2v) is 8.61. The summed E-state index contributed by atoms with van der Waals surface area (Å²) in [6.07, 6.45) is 1.80. The number of nitrogens with zero attached hydrogens (tertiary/aromatic N) is 3. The van der Waals surface area contributed by atoms with Gasteiger partial charge in [-0.2, -0.15) is 0 Å². The quantitative estimate of drug-likeness (QED) is 0.773. The van der Waals surface area contributed by atoms with Crippen LogP contribution in [0.2, 0.25) is 0 Å². The highest BCUT2D eigenvalue weighted by Gasteiger charge is 2.33. The number of piperazine rings is 1. The van der Waals surface area contributed by atoms with Gasteiger partial charge in [-0.1, -0.05) is 0 Å². The van der Waals surface area contributed by atoms with E-state index in [2.05, 4.69) is 0 Å². The van der Waals surface area contributed by atoms with Crippen molar-refractivity contribution in [3.63, 3.8) is 0 Å². The molecule has 0 spiro atoms. The molecule has 0 N–H and O–H groups in total. The average Bonchev–Trinajstić information content (AvgIpc) is 2.89. The number of amides is 2. The van der Waals surface area contributed by atoms with E-state index in [4.69, 9.17) is 0 Å². The van der Waals surface area contributed by atoms with E-state index < -0.39 is 10.0 Å². The molecule has 1 fully saturated rings. The number of carbonyl (C=O) groups is 2. The van der Waals surface area contributed by atoms with E-state index in [0.717, 1.165) is 5.56 Å². The van der Waals surface area contributed by atoms with Crippen molar-refractivity contribution in [2.24, 2.45) is 0 Å². The molecule has 1 atom stereocenters. The number of sulfonamides is 1. The number of rotatable bonds is 2. The van der Waals surface area contributed by atoms with Gasteiger partial charge < -0.3 is 9.80 Å². The largest absolute Gasteiger partial charge is 0.339 e. The van der Waals surface area contributed by atoms with Crippen LogP contribution in [0.25, 0.3) is 0 Å². The van der Waals surface area contributed by atoms with Gasteiger partial charge in [0, 0.05) is 44.7 Å². The third-order valence-corrected chi connectivity index (χ3v) is 6.12. The minimum Gasteiger partial charge on any atom is -0.339 e. The first kappa shape index (κ1) is 17.7. The van der Waals surface area contributed by atoms with Gasteiger partial charge in [-0.3, -0.25) is 13.9 Å². The number of fused-ring (bicyclic) bond motifs is 1. The lowest BCUT2D eigenvalue weighted by Crippen LogP contribution is -2.50. The molecule has 1 aromatic carbocycles. The van der Waals surface area contributed by atoms with Gasteiger partial charge in [0.05, 0.1) is 11.9 Å².